The Kier molecular flexibility index (Phi) is 7.02. The fourth-order valence-electron chi connectivity index (χ4n) is 5.93. The summed E-state index contributed by atoms with van der Waals surface area (Å²) < 4.78 is 7.12. The molecule has 3 N–H and O–H groups in total. The van der Waals surface area contributed by atoms with Gasteiger partial charge in [0.1, 0.15) is 17.6 Å². The van der Waals surface area contributed by atoms with Crippen LogP contribution in [0, 0.1) is 11.8 Å². The van der Waals surface area contributed by atoms with E-state index in [1.54, 1.807) is 29.2 Å². The molecule has 1 unspecified atom stereocenters. The summed E-state index contributed by atoms with van der Waals surface area (Å²) in [6.45, 7) is 7.20. The van der Waals surface area contributed by atoms with E-state index in [2.05, 4.69) is 33.0 Å². The fourth-order valence-corrected chi connectivity index (χ4v) is 5.93. The molecule has 3 aliphatic rings. The molecule has 2 fully saturated rings. The van der Waals surface area contributed by atoms with Crippen LogP contribution in [-0.2, 0) is 19.7 Å². The van der Waals surface area contributed by atoms with Crippen molar-refractivity contribution in [3.05, 3.63) is 35.8 Å². The first-order valence-electron chi connectivity index (χ1n) is 13.3. The lowest BCUT2D eigenvalue weighted by Gasteiger charge is -2.32. The topological polar surface area (TPSA) is 127 Å². The molecule has 2 aromatic rings. The monoisotopic (exact) mass is 508 g/mol. The van der Waals surface area contributed by atoms with Crippen LogP contribution in [0.1, 0.15) is 81.4 Å². The molecule has 198 valence electrons. The smallest absolute Gasteiger partial charge is 0.270 e. The number of carbonyl (C=O) groups excluding carboxylic acids is 3. The van der Waals surface area contributed by atoms with Gasteiger partial charge in [-0.05, 0) is 57.4 Å². The average Bonchev–Trinajstić information content (AvgIpc) is 3.47. The molecule has 1 aliphatic carbocycles. The zero-order chi connectivity index (χ0) is 26.2. The molecule has 0 radical (unpaired) electrons. The van der Waals surface area contributed by atoms with Crippen LogP contribution in [0.4, 0.5) is 11.5 Å². The maximum absolute atomic E-state index is 13.6. The van der Waals surface area contributed by atoms with Crippen molar-refractivity contribution in [2.45, 2.75) is 76.8 Å². The number of aromatic nitrogens is 3. The highest BCUT2D eigenvalue weighted by molar-refractivity contribution is 6.07. The molecule has 0 bridgehead atoms. The number of nitrogens with zero attached hydrogens (tertiary/aromatic N) is 3. The summed E-state index contributed by atoms with van der Waals surface area (Å²) in [6, 6.07) is 2.69. The number of ether oxygens (including phenoxy) is 1. The molecular weight excluding hydrogens is 472 g/mol. The second-order valence-corrected chi connectivity index (χ2v) is 11.0. The minimum atomic E-state index is -0.706. The Morgan fingerprint density at radius 1 is 1.19 bits per heavy atom. The van der Waals surface area contributed by atoms with Gasteiger partial charge in [0.2, 0.25) is 11.8 Å². The van der Waals surface area contributed by atoms with Crippen LogP contribution >= 0.6 is 0 Å². The van der Waals surface area contributed by atoms with Crippen molar-refractivity contribution in [3.8, 4) is 0 Å². The van der Waals surface area contributed by atoms with Gasteiger partial charge in [-0.15, -0.1) is 0 Å². The van der Waals surface area contributed by atoms with E-state index in [4.69, 9.17) is 4.74 Å². The lowest BCUT2D eigenvalue weighted by Crippen LogP contribution is -2.49. The van der Waals surface area contributed by atoms with E-state index in [0.29, 0.717) is 49.2 Å². The minimum Gasteiger partial charge on any atom is -0.381 e. The Hall–Kier alpha value is -3.27. The number of hydrogen-bond donors (Lipinski definition) is 3. The quantitative estimate of drug-likeness (QED) is 0.549. The molecule has 5 rings (SSSR count). The maximum atomic E-state index is 13.6. The molecule has 1 saturated heterocycles. The van der Waals surface area contributed by atoms with Crippen LogP contribution in [0.2, 0.25) is 0 Å². The highest BCUT2D eigenvalue weighted by Crippen LogP contribution is 2.44. The fraction of sp³-hybridized carbons (Fsp3) is 0.593. The van der Waals surface area contributed by atoms with E-state index in [9.17, 15) is 14.4 Å². The first-order chi connectivity index (χ1) is 17.8. The summed E-state index contributed by atoms with van der Waals surface area (Å²) in [5, 5.41) is 13.1. The van der Waals surface area contributed by atoms with Crippen molar-refractivity contribution in [3.63, 3.8) is 0 Å². The number of amides is 3. The van der Waals surface area contributed by atoms with Gasteiger partial charge in [-0.3, -0.25) is 19.1 Å². The first kappa shape index (κ1) is 25.4. The van der Waals surface area contributed by atoms with Crippen molar-refractivity contribution in [1.82, 2.24) is 20.1 Å². The zero-order valence-corrected chi connectivity index (χ0v) is 21.8. The van der Waals surface area contributed by atoms with Crippen molar-refractivity contribution in [1.29, 1.82) is 0 Å². The third kappa shape index (κ3) is 4.86. The lowest BCUT2D eigenvalue weighted by molar-refractivity contribution is -0.124. The summed E-state index contributed by atoms with van der Waals surface area (Å²) in [6.07, 6.45) is 8.26. The van der Waals surface area contributed by atoms with E-state index in [1.165, 1.54) is 0 Å². The second kappa shape index (κ2) is 10.2. The third-order valence-corrected chi connectivity index (χ3v) is 8.19. The Morgan fingerprint density at radius 2 is 1.92 bits per heavy atom. The summed E-state index contributed by atoms with van der Waals surface area (Å²) in [7, 11) is 0. The van der Waals surface area contributed by atoms with Gasteiger partial charge in [-0.25, -0.2) is 4.98 Å². The standard InChI is InChI=1S/C27H36N6O4/c1-16(2)33-21(8-11-29-33)24(34)32-23(18-6-4-17(3)5-7-18)25(35)31-22-14-20-19(15-28-22)27(26(36)30-20)9-12-37-13-10-27/h8,11,14-18,23H,4-7,9-10,12-13H2,1-3H3,(H,30,36)(H,32,34)(H,28,31,35). The summed E-state index contributed by atoms with van der Waals surface area (Å²) in [5.74, 6) is 0.317. The van der Waals surface area contributed by atoms with E-state index < -0.39 is 11.5 Å². The average molecular weight is 509 g/mol. The molecule has 1 saturated carbocycles. The van der Waals surface area contributed by atoms with Crippen LogP contribution < -0.4 is 16.0 Å². The predicted octanol–water partition coefficient (Wildman–Crippen LogP) is 3.42. The Bertz CT molecular complexity index is 1180. The summed E-state index contributed by atoms with van der Waals surface area (Å²) in [4.78, 5) is 44.2. The molecule has 4 heterocycles. The van der Waals surface area contributed by atoms with E-state index >= 15 is 0 Å². The zero-order valence-electron chi connectivity index (χ0n) is 21.8. The molecule has 37 heavy (non-hydrogen) atoms. The Labute approximate surface area is 216 Å². The molecule has 10 nitrogen and oxygen atoms in total. The Morgan fingerprint density at radius 3 is 2.62 bits per heavy atom. The maximum Gasteiger partial charge on any atom is 0.270 e. The number of carbonyl (C=O) groups is 3. The van der Waals surface area contributed by atoms with Gasteiger partial charge >= 0.3 is 0 Å². The molecule has 3 amide bonds. The number of anilines is 2. The molecule has 10 heteroatoms. The SMILES string of the molecule is CC1CCC(C(NC(=O)c2ccnn2C(C)C)C(=O)Nc2cc3c(cn2)C2(CCOCC2)C(=O)N3)CC1. The summed E-state index contributed by atoms with van der Waals surface area (Å²) >= 11 is 0. The van der Waals surface area contributed by atoms with Gasteiger partial charge in [-0.2, -0.15) is 5.10 Å². The lowest BCUT2D eigenvalue weighted by atomic mass is 9.76. The van der Waals surface area contributed by atoms with Crippen molar-refractivity contribution in [2.24, 2.45) is 11.8 Å². The van der Waals surface area contributed by atoms with Gasteiger partial charge < -0.3 is 20.7 Å². The summed E-state index contributed by atoms with van der Waals surface area (Å²) in [5.41, 5.74) is 1.34. The van der Waals surface area contributed by atoms with Crippen LogP contribution in [0.15, 0.2) is 24.5 Å². The molecule has 1 spiro atoms. The third-order valence-electron chi connectivity index (χ3n) is 8.19. The number of fused-ring (bicyclic) bond motifs is 2. The van der Waals surface area contributed by atoms with Crippen LogP contribution in [0.3, 0.4) is 0 Å². The first-order valence-corrected chi connectivity index (χ1v) is 13.3. The van der Waals surface area contributed by atoms with Crippen LogP contribution in [0.5, 0.6) is 0 Å². The van der Waals surface area contributed by atoms with Gasteiger partial charge in [-0.1, -0.05) is 19.8 Å². The highest BCUT2D eigenvalue weighted by Gasteiger charge is 2.48. The number of nitrogens with one attached hydrogen (secondary N) is 3. The number of hydrogen-bond acceptors (Lipinski definition) is 6. The van der Waals surface area contributed by atoms with Crippen molar-refractivity contribution < 1.29 is 19.1 Å². The molecule has 1 atom stereocenters. The van der Waals surface area contributed by atoms with Gasteiger partial charge in [0.25, 0.3) is 5.91 Å². The molecule has 2 aromatic heterocycles. The van der Waals surface area contributed by atoms with Gasteiger partial charge in [0.15, 0.2) is 0 Å². The van der Waals surface area contributed by atoms with Crippen LogP contribution in [0.25, 0.3) is 0 Å². The largest absolute Gasteiger partial charge is 0.381 e. The Balaban J connectivity index is 1.36. The molecular formula is C27H36N6O4. The van der Waals surface area contributed by atoms with E-state index in [0.717, 1.165) is 31.2 Å². The highest BCUT2D eigenvalue weighted by atomic mass is 16.5. The van der Waals surface area contributed by atoms with Crippen molar-refractivity contribution in [2.75, 3.05) is 23.8 Å². The normalized spacial score (nSPS) is 23.4. The number of rotatable bonds is 6. The second-order valence-electron chi connectivity index (χ2n) is 11.0. The molecule has 0 aromatic carbocycles. The van der Waals surface area contributed by atoms with E-state index in [-0.39, 0.29) is 29.7 Å². The number of pyridine rings is 1. The van der Waals surface area contributed by atoms with Gasteiger partial charge in [0.05, 0.1) is 11.1 Å². The van der Waals surface area contributed by atoms with Gasteiger partial charge in [0, 0.05) is 43.3 Å². The van der Waals surface area contributed by atoms with Crippen molar-refractivity contribution >= 4 is 29.2 Å². The molecule has 2 aliphatic heterocycles. The van der Waals surface area contributed by atoms with E-state index in [1.807, 2.05) is 13.8 Å². The minimum absolute atomic E-state index is 0.0170. The van der Waals surface area contributed by atoms with Crippen LogP contribution in [-0.4, -0.2) is 51.7 Å². The predicted molar refractivity (Wildman–Crippen MR) is 138 cm³/mol.